The Bertz CT molecular complexity index is 574. The number of hydrogen-bond acceptors (Lipinski definition) is 4. The number of carboxylic acids is 1. The monoisotopic (exact) mass is 280 g/mol. The molecule has 0 fully saturated rings. The van der Waals surface area contributed by atoms with Crippen molar-refractivity contribution in [1.29, 1.82) is 0 Å². The van der Waals surface area contributed by atoms with E-state index in [-0.39, 0.29) is 4.88 Å². The van der Waals surface area contributed by atoms with E-state index in [2.05, 4.69) is 5.10 Å². The number of thiophene rings is 1. The van der Waals surface area contributed by atoms with Gasteiger partial charge in [0.15, 0.2) is 4.88 Å². The Morgan fingerprint density at radius 2 is 2.37 bits per heavy atom. The van der Waals surface area contributed by atoms with Gasteiger partial charge in [-0.15, -0.1) is 11.3 Å². The molecule has 0 unspecified atom stereocenters. The van der Waals surface area contributed by atoms with Crippen LogP contribution in [0.1, 0.15) is 27.0 Å². The van der Waals surface area contributed by atoms with Crippen molar-refractivity contribution in [2.24, 2.45) is 0 Å². The standard InChI is InChI=1S/C13H16N2O3S/c1-3-10-6-11(12(19-10)13(16)17)18-5-4-15-8-9(2)7-14-15/h6-8H,3-5H2,1-2H3,(H,16,17). The lowest BCUT2D eigenvalue weighted by atomic mass is 10.3. The summed E-state index contributed by atoms with van der Waals surface area (Å²) in [6.07, 6.45) is 4.52. The molecular weight excluding hydrogens is 264 g/mol. The molecule has 6 heteroatoms. The number of aromatic nitrogens is 2. The molecule has 0 atom stereocenters. The molecule has 0 saturated carbocycles. The molecule has 102 valence electrons. The van der Waals surface area contributed by atoms with Crippen LogP contribution in [-0.4, -0.2) is 27.5 Å². The van der Waals surface area contributed by atoms with Gasteiger partial charge in [0, 0.05) is 11.1 Å². The predicted octanol–water partition coefficient (Wildman–Crippen LogP) is 2.59. The molecule has 0 aliphatic rings. The quantitative estimate of drug-likeness (QED) is 0.883. The van der Waals surface area contributed by atoms with Crippen LogP contribution in [0, 0.1) is 6.92 Å². The minimum absolute atomic E-state index is 0.272. The lowest BCUT2D eigenvalue weighted by Crippen LogP contribution is -2.09. The first-order chi connectivity index (χ1) is 9.10. The van der Waals surface area contributed by atoms with Crippen molar-refractivity contribution >= 4 is 17.3 Å². The summed E-state index contributed by atoms with van der Waals surface area (Å²) in [5.74, 6) is -0.479. The van der Waals surface area contributed by atoms with E-state index in [4.69, 9.17) is 9.84 Å². The molecule has 2 aromatic heterocycles. The van der Waals surface area contributed by atoms with Gasteiger partial charge in [-0.2, -0.15) is 5.10 Å². The van der Waals surface area contributed by atoms with Crippen LogP contribution >= 0.6 is 11.3 Å². The highest BCUT2D eigenvalue weighted by Gasteiger charge is 2.16. The Hall–Kier alpha value is -1.82. The maximum atomic E-state index is 11.1. The minimum atomic E-state index is -0.936. The average molecular weight is 280 g/mol. The van der Waals surface area contributed by atoms with E-state index in [1.807, 2.05) is 26.1 Å². The van der Waals surface area contributed by atoms with Crippen molar-refractivity contribution in [2.75, 3.05) is 6.61 Å². The number of aromatic carboxylic acids is 1. The number of carbonyl (C=O) groups is 1. The average Bonchev–Trinajstić information content (AvgIpc) is 2.96. The van der Waals surface area contributed by atoms with Gasteiger partial charge in [0.05, 0.1) is 12.7 Å². The third-order valence-electron chi connectivity index (χ3n) is 2.63. The van der Waals surface area contributed by atoms with Crippen molar-refractivity contribution in [3.63, 3.8) is 0 Å². The first-order valence-corrected chi connectivity index (χ1v) is 6.89. The number of nitrogens with zero attached hydrogens (tertiary/aromatic N) is 2. The molecule has 0 aromatic carbocycles. The fourth-order valence-corrected chi connectivity index (χ4v) is 2.57. The summed E-state index contributed by atoms with van der Waals surface area (Å²) in [4.78, 5) is 12.4. The molecule has 0 saturated heterocycles. The highest BCUT2D eigenvalue weighted by atomic mass is 32.1. The van der Waals surface area contributed by atoms with Gasteiger partial charge in [0.2, 0.25) is 0 Å². The van der Waals surface area contributed by atoms with Crippen LogP contribution < -0.4 is 4.74 Å². The van der Waals surface area contributed by atoms with Gasteiger partial charge >= 0.3 is 5.97 Å². The number of hydrogen-bond donors (Lipinski definition) is 1. The van der Waals surface area contributed by atoms with Crippen LogP contribution in [0.25, 0.3) is 0 Å². The van der Waals surface area contributed by atoms with Crippen LogP contribution in [0.3, 0.4) is 0 Å². The number of ether oxygens (including phenoxy) is 1. The topological polar surface area (TPSA) is 64.4 Å². The molecule has 0 radical (unpaired) electrons. The summed E-state index contributed by atoms with van der Waals surface area (Å²) < 4.78 is 7.34. The molecule has 5 nitrogen and oxygen atoms in total. The molecule has 0 aliphatic heterocycles. The first-order valence-electron chi connectivity index (χ1n) is 6.08. The van der Waals surface area contributed by atoms with Crippen LogP contribution in [-0.2, 0) is 13.0 Å². The van der Waals surface area contributed by atoms with Crippen molar-refractivity contribution in [3.05, 3.63) is 33.8 Å². The van der Waals surface area contributed by atoms with E-state index in [9.17, 15) is 4.79 Å². The summed E-state index contributed by atoms with van der Waals surface area (Å²) in [6, 6.07) is 1.81. The normalized spacial score (nSPS) is 10.6. The fourth-order valence-electron chi connectivity index (χ4n) is 1.69. The lowest BCUT2D eigenvalue weighted by molar-refractivity contribution is 0.0698. The summed E-state index contributed by atoms with van der Waals surface area (Å²) in [5.41, 5.74) is 1.09. The maximum absolute atomic E-state index is 11.1. The maximum Gasteiger partial charge on any atom is 0.349 e. The van der Waals surface area contributed by atoms with E-state index >= 15 is 0 Å². The summed E-state index contributed by atoms with van der Waals surface area (Å²) in [5, 5.41) is 13.3. The summed E-state index contributed by atoms with van der Waals surface area (Å²) >= 11 is 1.27. The number of carboxylic acid groups (broad SMARTS) is 1. The van der Waals surface area contributed by atoms with Gasteiger partial charge in [-0.3, -0.25) is 4.68 Å². The fraction of sp³-hybridized carbons (Fsp3) is 0.385. The van der Waals surface area contributed by atoms with Gasteiger partial charge < -0.3 is 9.84 Å². The molecule has 2 aromatic rings. The summed E-state index contributed by atoms with van der Waals surface area (Å²) in [6.45, 7) is 4.97. The van der Waals surface area contributed by atoms with Gasteiger partial charge in [-0.05, 0) is 25.0 Å². The first kappa shape index (κ1) is 13.6. The van der Waals surface area contributed by atoms with Crippen LogP contribution in [0.15, 0.2) is 18.5 Å². The molecule has 0 bridgehead atoms. The van der Waals surface area contributed by atoms with Gasteiger partial charge in [-0.25, -0.2) is 4.79 Å². The number of aryl methyl sites for hydroxylation is 2. The predicted molar refractivity (Wildman–Crippen MR) is 73.1 cm³/mol. The van der Waals surface area contributed by atoms with E-state index < -0.39 is 5.97 Å². The Kier molecular flexibility index (Phi) is 4.21. The molecule has 19 heavy (non-hydrogen) atoms. The van der Waals surface area contributed by atoms with Gasteiger partial charge in [0.25, 0.3) is 0 Å². The van der Waals surface area contributed by atoms with E-state index in [0.717, 1.165) is 16.9 Å². The molecule has 1 N–H and O–H groups in total. The van der Waals surface area contributed by atoms with Crippen molar-refractivity contribution in [3.8, 4) is 5.75 Å². The van der Waals surface area contributed by atoms with E-state index in [1.165, 1.54) is 11.3 Å². The van der Waals surface area contributed by atoms with Crippen LogP contribution in [0.2, 0.25) is 0 Å². The molecular formula is C13H16N2O3S. The minimum Gasteiger partial charge on any atom is -0.490 e. The zero-order valence-electron chi connectivity index (χ0n) is 10.9. The molecule has 0 aliphatic carbocycles. The zero-order chi connectivity index (χ0) is 13.8. The zero-order valence-corrected chi connectivity index (χ0v) is 11.7. The molecule has 0 amide bonds. The third-order valence-corrected chi connectivity index (χ3v) is 3.88. The number of rotatable bonds is 6. The highest BCUT2D eigenvalue weighted by Crippen LogP contribution is 2.29. The van der Waals surface area contributed by atoms with E-state index in [1.54, 1.807) is 10.9 Å². The molecule has 2 rings (SSSR count). The second-order valence-corrected chi connectivity index (χ2v) is 5.33. The molecule has 0 spiro atoms. The largest absolute Gasteiger partial charge is 0.490 e. The Morgan fingerprint density at radius 3 is 2.95 bits per heavy atom. The molecule has 2 heterocycles. The van der Waals surface area contributed by atoms with Crippen LogP contribution in [0.4, 0.5) is 0 Å². The van der Waals surface area contributed by atoms with Gasteiger partial charge in [-0.1, -0.05) is 6.92 Å². The summed E-state index contributed by atoms with van der Waals surface area (Å²) in [7, 11) is 0. The lowest BCUT2D eigenvalue weighted by Gasteiger charge is -2.05. The van der Waals surface area contributed by atoms with E-state index in [0.29, 0.717) is 18.9 Å². The Morgan fingerprint density at radius 1 is 1.58 bits per heavy atom. The highest BCUT2D eigenvalue weighted by molar-refractivity contribution is 7.14. The van der Waals surface area contributed by atoms with Crippen molar-refractivity contribution < 1.29 is 14.6 Å². The smallest absolute Gasteiger partial charge is 0.349 e. The Labute approximate surface area is 115 Å². The Balaban J connectivity index is 1.98. The van der Waals surface area contributed by atoms with Gasteiger partial charge in [0.1, 0.15) is 12.4 Å². The van der Waals surface area contributed by atoms with Crippen LogP contribution in [0.5, 0.6) is 5.75 Å². The second-order valence-electron chi connectivity index (χ2n) is 4.19. The van der Waals surface area contributed by atoms with Crippen molar-refractivity contribution in [2.45, 2.75) is 26.8 Å². The van der Waals surface area contributed by atoms with Crippen molar-refractivity contribution in [1.82, 2.24) is 9.78 Å². The SMILES string of the molecule is CCc1cc(OCCn2cc(C)cn2)c(C(=O)O)s1. The second kappa shape index (κ2) is 5.88. The third kappa shape index (κ3) is 3.35.